The minimum Gasteiger partial charge on any atom is -0.481 e. The van der Waals surface area contributed by atoms with Gasteiger partial charge >= 0.3 is 8.25 Å². The van der Waals surface area contributed by atoms with Crippen molar-refractivity contribution in [3.05, 3.63) is 59.7 Å². The van der Waals surface area contributed by atoms with Gasteiger partial charge in [-0.05, 0) is 77.1 Å². The number of aliphatic hydroxyl groups excluding tert-OH is 1. The summed E-state index contributed by atoms with van der Waals surface area (Å²) in [6, 6.07) is 14.0. The van der Waals surface area contributed by atoms with E-state index in [-0.39, 0.29) is 8.42 Å². The van der Waals surface area contributed by atoms with Crippen molar-refractivity contribution in [2.24, 2.45) is 21.6 Å². The van der Waals surface area contributed by atoms with Gasteiger partial charge < -0.3 is 36.0 Å². The molecule has 40 heavy (non-hydrogen) atoms. The van der Waals surface area contributed by atoms with Crippen LogP contribution in [0.5, 0.6) is 11.5 Å². The van der Waals surface area contributed by atoms with Gasteiger partial charge in [-0.2, -0.15) is 5.10 Å². The number of benzene rings is 2. The summed E-state index contributed by atoms with van der Waals surface area (Å²) in [5.74, 6) is 1.25. The first-order chi connectivity index (χ1) is 18.8. The van der Waals surface area contributed by atoms with E-state index in [1.165, 1.54) is 0 Å². The van der Waals surface area contributed by atoms with Crippen LogP contribution in [0.1, 0.15) is 58.0 Å². The highest BCUT2D eigenvalue weighted by Gasteiger charge is 2.36. The molecule has 17 heteroatoms. The summed E-state index contributed by atoms with van der Waals surface area (Å²) in [6.45, 7) is 6.24. The standard InChI is InChI=1S/C23H40N5O6P5S/c1-6-22(3,36(25)38(26)35-24)32-19-12-8-17(9-13-19)16-27-28(5)37(40)23(4,7-2)33-20-14-10-18(11-15-20)21(29)34-39(30)31/h8-16,21,29,35,37,39H,6-7,24-26H2,1-5H3,(H,30,31)/b27-16+. The third kappa shape index (κ3) is 10.0. The predicted molar refractivity (Wildman–Crippen MR) is 175 cm³/mol. The fraction of sp³-hybridized carbons (Fsp3) is 0.435. The summed E-state index contributed by atoms with van der Waals surface area (Å²) < 4.78 is 29.7. The minimum atomic E-state index is -3.26. The molecule has 224 valence electrons. The number of nitrogens with two attached hydrogens (primary N) is 3. The molecule has 0 aliphatic carbocycles. The molecule has 0 aromatic heterocycles. The molecule has 0 aliphatic heterocycles. The molecule has 0 heterocycles. The minimum absolute atomic E-state index is 0.126. The molecule has 0 spiro atoms. The van der Waals surface area contributed by atoms with Gasteiger partial charge in [0.2, 0.25) is 0 Å². The van der Waals surface area contributed by atoms with Crippen molar-refractivity contribution in [3.63, 3.8) is 0 Å². The maximum atomic E-state index is 10.8. The largest absolute Gasteiger partial charge is 0.481 e. The SMILES string of the molecule is CCC(C)(Oc1ccc(/C=N/N(C)[PH](=S)C(C)(CC)Oc2ccc(C(O)O[PH](=O)O)cc2)cc1)P(N)P(N)PN. The molecular formula is C23H40N5O6P5S. The lowest BCUT2D eigenvalue weighted by Crippen LogP contribution is -2.31. The molecule has 0 radical (unpaired) electrons. The molecule has 8 N–H and O–H groups in total. The van der Waals surface area contributed by atoms with Crippen LogP contribution in [0, 0.1) is 0 Å². The molecule has 8 unspecified atom stereocenters. The van der Waals surface area contributed by atoms with Crippen molar-refractivity contribution in [2.45, 2.75) is 57.5 Å². The second-order valence-electron chi connectivity index (χ2n) is 9.08. The third-order valence-corrected chi connectivity index (χ3v) is 19.4. The molecule has 11 nitrogen and oxygen atoms in total. The lowest BCUT2D eigenvalue weighted by atomic mass is 10.2. The van der Waals surface area contributed by atoms with Gasteiger partial charge in [0.05, 0.1) is 20.8 Å². The van der Waals surface area contributed by atoms with E-state index in [2.05, 4.69) is 9.63 Å². The molecule has 0 saturated carbocycles. The Morgan fingerprint density at radius 2 is 1.65 bits per heavy atom. The molecule has 0 saturated heterocycles. The van der Waals surface area contributed by atoms with E-state index < -0.39 is 47.3 Å². The van der Waals surface area contributed by atoms with Crippen LogP contribution in [0.2, 0.25) is 0 Å². The maximum Gasteiger partial charge on any atom is 0.319 e. The van der Waals surface area contributed by atoms with Crippen LogP contribution in [0.15, 0.2) is 53.6 Å². The Balaban J connectivity index is 2.07. The number of hydrogen-bond acceptors (Lipinski definition) is 10. The van der Waals surface area contributed by atoms with E-state index in [4.69, 9.17) is 42.7 Å². The van der Waals surface area contributed by atoms with Gasteiger partial charge in [-0.25, -0.2) is 0 Å². The highest BCUT2D eigenvalue weighted by Crippen LogP contribution is 2.74. The zero-order valence-corrected chi connectivity index (χ0v) is 28.7. The highest BCUT2D eigenvalue weighted by molar-refractivity contribution is 8.55. The van der Waals surface area contributed by atoms with E-state index >= 15 is 0 Å². The number of rotatable bonds is 16. The average Bonchev–Trinajstić information content (AvgIpc) is 2.95. The van der Waals surface area contributed by atoms with Gasteiger partial charge in [-0.15, -0.1) is 0 Å². The number of aliphatic hydroxyl groups is 1. The lowest BCUT2D eigenvalue weighted by molar-refractivity contribution is -0.0207. The lowest BCUT2D eigenvalue weighted by Gasteiger charge is -2.37. The molecule has 2 aromatic carbocycles. The molecule has 2 aromatic rings. The van der Waals surface area contributed by atoms with Crippen LogP contribution in [0.4, 0.5) is 0 Å². The third-order valence-electron chi connectivity index (χ3n) is 6.24. The van der Waals surface area contributed by atoms with E-state index in [0.717, 1.165) is 12.0 Å². The Hall–Kier alpha value is -0.560. The summed E-state index contributed by atoms with van der Waals surface area (Å²) >= 11 is 5.90. The zero-order valence-electron chi connectivity index (χ0n) is 23.1. The Labute approximate surface area is 246 Å². The topological polar surface area (TPSA) is 179 Å². The van der Waals surface area contributed by atoms with Crippen molar-refractivity contribution < 1.29 is 28.6 Å². The van der Waals surface area contributed by atoms with Crippen molar-refractivity contribution >= 4 is 56.8 Å². The van der Waals surface area contributed by atoms with Crippen LogP contribution in [-0.2, 0) is 20.9 Å². The van der Waals surface area contributed by atoms with Gasteiger partial charge in [0, 0.05) is 20.1 Å². The average molecular weight is 670 g/mol. The molecular weight excluding hydrogens is 629 g/mol. The maximum absolute atomic E-state index is 10.8. The summed E-state index contributed by atoms with van der Waals surface area (Å²) in [5.41, 5.74) is 19.6. The second-order valence-corrected chi connectivity index (χ2v) is 21.8. The first-order valence-corrected chi connectivity index (χ1v) is 21.6. The Kier molecular flexibility index (Phi) is 14.5. The first kappa shape index (κ1) is 35.6. The number of hydrogen-bond donors (Lipinski definition) is 5. The van der Waals surface area contributed by atoms with Crippen LogP contribution < -0.4 is 26.0 Å². The summed E-state index contributed by atoms with van der Waals surface area (Å²) in [4.78, 5) is 8.86. The molecule has 0 aliphatic rings. The van der Waals surface area contributed by atoms with Crippen molar-refractivity contribution in [3.8, 4) is 11.5 Å². The van der Waals surface area contributed by atoms with E-state index in [1.807, 2.05) is 59.0 Å². The quantitative estimate of drug-likeness (QED) is 0.0637. The van der Waals surface area contributed by atoms with Gasteiger partial charge in [0.1, 0.15) is 22.2 Å². The fourth-order valence-corrected chi connectivity index (χ4v) is 12.2. The Bertz CT molecular complexity index is 1170. The number of ether oxygens (including phenoxy) is 2. The van der Waals surface area contributed by atoms with Crippen LogP contribution in [-0.4, -0.2) is 38.7 Å². The molecule has 0 bridgehead atoms. The van der Waals surface area contributed by atoms with E-state index in [9.17, 15) is 9.67 Å². The van der Waals surface area contributed by atoms with Gasteiger partial charge in [0.15, 0.2) is 6.29 Å². The Morgan fingerprint density at radius 3 is 2.15 bits per heavy atom. The summed E-state index contributed by atoms with van der Waals surface area (Å²) in [6.07, 6.45) is 1.61. The number of nitrogens with zero attached hydrogens (tertiary/aromatic N) is 2. The van der Waals surface area contributed by atoms with Crippen LogP contribution >= 0.6 is 38.7 Å². The van der Waals surface area contributed by atoms with Crippen molar-refractivity contribution in [1.29, 1.82) is 0 Å². The van der Waals surface area contributed by atoms with Crippen molar-refractivity contribution in [2.75, 3.05) is 7.05 Å². The predicted octanol–water partition coefficient (Wildman–Crippen LogP) is 5.74. The highest BCUT2D eigenvalue weighted by atomic mass is 32.5. The second kappa shape index (κ2) is 16.3. The molecule has 0 amide bonds. The van der Waals surface area contributed by atoms with Crippen LogP contribution in [0.3, 0.4) is 0 Å². The smallest absolute Gasteiger partial charge is 0.319 e. The number of hydrazone groups is 1. The van der Waals surface area contributed by atoms with E-state index in [0.29, 0.717) is 23.5 Å². The van der Waals surface area contributed by atoms with Gasteiger partial charge in [-0.3, -0.25) is 13.9 Å². The van der Waals surface area contributed by atoms with Gasteiger partial charge in [-0.1, -0.05) is 37.8 Å². The van der Waals surface area contributed by atoms with Gasteiger partial charge in [0.25, 0.3) is 0 Å². The Morgan fingerprint density at radius 1 is 1.10 bits per heavy atom. The normalized spacial score (nSPS) is 18.9. The fourth-order valence-electron chi connectivity index (χ4n) is 3.39. The van der Waals surface area contributed by atoms with Crippen LogP contribution in [0.25, 0.3) is 0 Å². The molecule has 2 rings (SSSR count). The molecule has 8 atom stereocenters. The summed E-state index contributed by atoms with van der Waals surface area (Å²) in [5, 5.41) is 13.2. The zero-order chi connectivity index (χ0) is 30.1. The first-order valence-electron chi connectivity index (χ1n) is 12.3. The summed E-state index contributed by atoms with van der Waals surface area (Å²) in [7, 11) is -3.31. The molecule has 0 fully saturated rings. The van der Waals surface area contributed by atoms with Crippen molar-refractivity contribution in [1.82, 2.24) is 4.78 Å². The monoisotopic (exact) mass is 669 g/mol. The van der Waals surface area contributed by atoms with E-state index in [1.54, 1.807) is 35.3 Å².